The average molecular weight is 199 g/mol. The summed E-state index contributed by atoms with van der Waals surface area (Å²) in [7, 11) is 0. The SMILES string of the molecule is Nc1ncc(N=Nc2ccccc2)cn1. The predicted molar refractivity (Wildman–Crippen MR) is 57.1 cm³/mol. The summed E-state index contributed by atoms with van der Waals surface area (Å²) in [6, 6.07) is 9.44. The largest absolute Gasteiger partial charge is 0.368 e. The highest BCUT2D eigenvalue weighted by molar-refractivity contribution is 5.38. The first-order chi connectivity index (χ1) is 7.34. The van der Waals surface area contributed by atoms with Gasteiger partial charge in [-0.05, 0) is 12.1 Å². The number of aromatic nitrogens is 2. The number of benzene rings is 1. The zero-order valence-corrected chi connectivity index (χ0v) is 7.91. The molecule has 2 N–H and O–H groups in total. The summed E-state index contributed by atoms with van der Waals surface area (Å²) >= 11 is 0. The van der Waals surface area contributed by atoms with Crippen LogP contribution >= 0.6 is 0 Å². The molecule has 2 aromatic rings. The molecule has 15 heavy (non-hydrogen) atoms. The smallest absolute Gasteiger partial charge is 0.220 e. The molecule has 0 amide bonds. The number of anilines is 1. The van der Waals surface area contributed by atoms with Crippen molar-refractivity contribution in [3.8, 4) is 0 Å². The fourth-order valence-electron chi connectivity index (χ4n) is 0.993. The van der Waals surface area contributed by atoms with Gasteiger partial charge in [0.05, 0.1) is 18.1 Å². The van der Waals surface area contributed by atoms with Crippen molar-refractivity contribution in [1.29, 1.82) is 0 Å². The van der Waals surface area contributed by atoms with Crippen molar-refractivity contribution in [3.63, 3.8) is 0 Å². The first-order valence-electron chi connectivity index (χ1n) is 4.39. The number of hydrogen-bond acceptors (Lipinski definition) is 5. The van der Waals surface area contributed by atoms with Gasteiger partial charge in [-0.15, -0.1) is 5.11 Å². The minimum atomic E-state index is 0.230. The Kier molecular flexibility index (Phi) is 2.64. The lowest BCUT2D eigenvalue weighted by Gasteiger charge is -1.92. The molecule has 5 heteroatoms. The van der Waals surface area contributed by atoms with Gasteiger partial charge in [-0.1, -0.05) is 18.2 Å². The van der Waals surface area contributed by atoms with E-state index in [1.54, 1.807) is 0 Å². The Hall–Kier alpha value is -2.30. The Morgan fingerprint density at radius 2 is 1.47 bits per heavy atom. The highest BCUT2D eigenvalue weighted by Crippen LogP contribution is 2.15. The van der Waals surface area contributed by atoms with Crippen LogP contribution in [0.3, 0.4) is 0 Å². The summed E-state index contributed by atoms with van der Waals surface area (Å²) in [5.74, 6) is 0.230. The fraction of sp³-hybridized carbons (Fsp3) is 0. The van der Waals surface area contributed by atoms with E-state index in [1.165, 1.54) is 12.4 Å². The van der Waals surface area contributed by atoms with Gasteiger partial charge >= 0.3 is 0 Å². The minimum absolute atomic E-state index is 0.230. The number of nitrogens with two attached hydrogens (primary N) is 1. The second-order valence-electron chi connectivity index (χ2n) is 2.84. The molecule has 0 aliphatic heterocycles. The van der Waals surface area contributed by atoms with Crippen LogP contribution in [0.15, 0.2) is 53.0 Å². The van der Waals surface area contributed by atoms with E-state index in [1.807, 2.05) is 30.3 Å². The van der Waals surface area contributed by atoms with Gasteiger partial charge in [-0.25, -0.2) is 9.97 Å². The van der Waals surface area contributed by atoms with Crippen molar-refractivity contribution in [3.05, 3.63) is 42.7 Å². The topological polar surface area (TPSA) is 76.5 Å². The van der Waals surface area contributed by atoms with Gasteiger partial charge in [0, 0.05) is 0 Å². The molecule has 5 nitrogen and oxygen atoms in total. The van der Waals surface area contributed by atoms with Gasteiger partial charge < -0.3 is 5.73 Å². The van der Waals surface area contributed by atoms with Gasteiger partial charge in [-0.3, -0.25) is 0 Å². The number of nitrogens with zero attached hydrogens (tertiary/aromatic N) is 4. The van der Waals surface area contributed by atoms with E-state index >= 15 is 0 Å². The molecule has 0 atom stereocenters. The lowest BCUT2D eigenvalue weighted by molar-refractivity contribution is 1.13. The highest BCUT2D eigenvalue weighted by atomic mass is 15.1. The third kappa shape index (κ3) is 2.57. The second kappa shape index (κ2) is 4.28. The number of hydrogen-bond donors (Lipinski definition) is 1. The van der Waals surface area contributed by atoms with Crippen molar-refractivity contribution < 1.29 is 0 Å². The molecule has 1 heterocycles. The average Bonchev–Trinajstić information content (AvgIpc) is 2.30. The molecule has 0 aliphatic rings. The molecule has 0 radical (unpaired) electrons. The van der Waals surface area contributed by atoms with Crippen LogP contribution in [-0.2, 0) is 0 Å². The maximum absolute atomic E-state index is 5.34. The lowest BCUT2D eigenvalue weighted by Crippen LogP contribution is -1.91. The number of azo groups is 1. The zero-order valence-electron chi connectivity index (χ0n) is 7.91. The molecular weight excluding hydrogens is 190 g/mol. The Morgan fingerprint density at radius 3 is 2.13 bits per heavy atom. The number of nitrogen functional groups attached to an aromatic ring is 1. The van der Waals surface area contributed by atoms with Crippen molar-refractivity contribution in [2.24, 2.45) is 10.2 Å². The molecule has 0 bridgehead atoms. The van der Waals surface area contributed by atoms with Crippen molar-refractivity contribution in [2.45, 2.75) is 0 Å². The summed E-state index contributed by atoms with van der Waals surface area (Å²) in [6.07, 6.45) is 3.05. The standard InChI is InChI=1S/C10H9N5/c11-10-12-6-9(7-13-10)15-14-8-4-2-1-3-5-8/h1-7H,(H2,11,12,13). The minimum Gasteiger partial charge on any atom is -0.368 e. The van der Waals surface area contributed by atoms with Crippen LogP contribution in [0.4, 0.5) is 17.3 Å². The molecule has 0 aliphatic carbocycles. The molecular formula is C10H9N5. The van der Waals surface area contributed by atoms with Crippen molar-refractivity contribution in [2.75, 3.05) is 5.73 Å². The van der Waals surface area contributed by atoms with Crippen molar-refractivity contribution >= 4 is 17.3 Å². The molecule has 1 aromatic heterocycles. The molecule has 0 unspecified atom stereocenters. The molecule has 0 fully saturated rings. The third-order valence-electron chi connectivity index (χ3n) is 1.70. The van der Waals surface area contributed by atoms with Gasteiger partial charge in [0.1, 0.15) is 5.69 Å². The molecule has 1 aromatic carbocycles. The maximum atomic E-state index is 5.34. The van der Waals surface area contributed by atoms with Crippen LogP contribution in [0.2, 0.25) is 0 Å². The summed E-state index contributed by atoms with van der Waals surface area (Å²) in [4.78, 5) is 7.61. The van der Waals surface area contributed by atoms with E-state index in [0.717, 1.165) is 5.69 Å². The van der Waals surface area contributed by atoms with Gasteiger partial charge in [-0.2, -0.15) is 5.11 Å². The quantitative estimate of drug-likeness (QED) is 0.754. The normalized spacial score (nSPS) is 10.7. The van der Waals surface area contributed by atoms with Crippen LogP contribution in [0, 0.1) is 0 Å². The van der Waals surface area contributed by atoms with Crippen LogP contribution < -0.4 is 5.73 Å². The Balaban J connectivity index is 2.15. The summed E-state index contributed by atoms with van der Waals surface area (Å²) in [5, 5.41) is 7.97. The Bertz CT molecular complexity index is 449. The van der Waals surface area contributed by atoms with E-state index in [0.29, 0.717) is 5.69 Å². The molecule has 74 valence electrons. The second-order valence-corrected chi connectivity index (χ2v) is 2.84. The molecule has 2 rings (SSSR count). The number of rotatable bonds is 2. The summed E-state index contributed by atoms with van der Waals surface area (Å²) in [5.41, 5.74) is 6.70. The van der Waals surface area contributed by atoms with Crippen LogP contribution in [0.25, 0.3) is 0 Å². The van der Waals surface area contributed by atoms with Crippen LogP contribution in [0.5, 0.6) is 0 Å². The molecule has 0 saturated carbocycles. The molecule has 0 spiro atoms. The fourth-order valence-corrected chi connectivity index (χ4v) is 0.993. The highest BCUT2D eigenvalue weighted by Gasteiger charge is 1.91. The Morgan fingerprint density at radius 1 is 0.867 bits per heavy atom. The van der Waals surface area contributed by atoms with E-state index < -0.39 is 0 Å². The van der Waals surface area contributed by atoms with Gasteiger partial charge in [0.25, 0.3) is 0 Å². The van der Waals surface area contributed by atoms with Gasteiger partial charge in [0.2, 0.25) is 5.95 Å². The van der Waals surface area contributed by atoms with E-state index in [4.69, 9.17) is 5.73 Å². The molecule has 0 saturated heterocycles. The van der Waals surface area contributed by atoms with E-state index in [9.17, 15) is 0 Å². The van der Waals surface area contributed by atoms with Crippen LogP contribution in [0.1, 0.15) is 0 Å². The first-order valence-corrected chi connectivity index (χ1v) is 4.39. The van der Waals surface area contributed by atoms with Crippen LogP contribution in [-0.4, -0.2) is 9.97 Å². The lowest BCUT2D eigenvalue weighted by atomic mass is 10.3. The van der Waals surface area contributed by atoms with Crippen molar-refractivity contribution in [1.82, 2.24) is 9.97 Å². The van der Waals surface area contributed by atoms with Gasteiger partial charge in [0.15, 0.2) is 0 Å². The summed E-state index contributed by atoms with van der Waals surface area (Å²) < 4.78 is 0. The maximum Gasteiger partial charge on any atom is 0.220 e. The monoisotopic (exact) mass is 199 g/mol. The summed E-state index contributed by atoms with van der Waals surface area (Å²) in [6.45, 7) is 0. The zero-order chi connectivity index (χ0) is 10.5. The first kappa shape index (κ1) is 9.26. The Labute approximate surface area is 86.7 Å². The van der Waals surface area contributed by atoms with E-state index in [2.05, 4.69) is 20.2 Å². The third-order valence-corrected chi connectivity index (χ3v) is 1.70. The predicted octanol–water partition coefficient (Wildman–Crippen LogP) is 2.47. The van der Waals surface area contributed by atoms with E-state index in [-0.39, 0.29) is 5.95 Å².